The average Bonchev–Trinajstić information content (AvgIpc) is 3.35. The lowest BCUT2D eigenvalue weighted by atomic mass is 10.2. The zero-order chi connectivity index (χ0) is 22.4. The molecule has 0 radical (unpaired) electrons. The molecule has 0 bridgehead atoms. The lowest BCUT2D eigenvalue weighted by Crippen LogP contribution is -2.28. The Hall–Kier alpha value is -2.69. The number of thioether (sulfide) groups is 1. The van der Waals surface area contributed by atoms with E-state index in [4.69, 9.17) is 11.6 Å². The molecule has 2 aromatic carbocycles. The number of hydrogen-bond acceptors (Lipinski definition) is 5. The lowest BCUT2D eigenvalue weighted by Gasteiger charge is -2.14. The van der Waals surface area contributed by atoms with Gasteiger partial charge < -0.3 is 5.32 Å². The smallest absolute Gasteiger partial charge is 0.265 e. The van der Waals surface area contributed by atoms with E-state index >= 15 is 0 Å². The maximum absolute atomic E-state index is 14.0. The molecule has 0 fully saturated rings. The number of nitrogens with zero attached hydrogens (tertiary/aromatic N) is 4. The summed E-state index contributed by atoms with van der Waals surface area (Å²) in [5.41, 5.74) is 0.946. The van der Waals surface area contributed by atoms with Gasteiger partial charge in [-0.25, -0.2) is 14.1 Å². The zero-order valence-electron chi connectivity index (χ0n) is 16.3. The fourth-order valence-corrected chi connectivity index (χ4v) is 5.23. The van der Waals surface area contributed by atoms with Gasteiger partial charge in [0.05, 0.1) is 23.6 Å². The molecule has 3 heterocycles. The second-order valence-electron chi connectivity index (χ2n) is 7.18. The Morgan fingerprint density at radius 3 is 2.94 bits per heavy atom. The predicted molar refractivity (Wildman–Crippen MR) is 125 cm³/mol. The van der Waals surface area contributed by atoms with Gasteiger partial charge in [-0.1, -0.05) is 45.4 Å². The Morgan fingerprint density at radius 1 is 1.31 bits per heavy atom. The number of rotatable bonds is 4. The van der Waals surface area contributed by atoms with Crippen LogP contribution in [0.2, 0.25) is 5.02 Å². The third-order valence-electron chi connectivity index (χ3n) is 5.05. The number of carbonyl (C=O) groups is 1. The molecule has 1 aliphatic rings. The first-order valence-corrected chi connectivity index (χ1v) is 11.7. The molecule has 32 heavy (non-hydrogen) atoms. The summed E-state index contributed by atoms with van der Waals surface area (Å²) in [5, 5.41) is 8.30. The molecular formula is C21H14BrClFN5O2S. The summed E-state index contributed by atoms with van der Waals surface area (Å²) in [6.07, 6.45) is 1.49. The fraction of sp³-hybridized carbons (Fsp3) is 0.143. The van der Waals surface area contributed by atoms with Gasteiger partial charge in [-0.2, -0.15) is 5.10 Å². The van der Waals surface area contributed by atoms with E-state index in [2.05, 4.69) is 31.3 Å². The van der Waals surface area contributed by atoms with E-state index in [9.17, 15) is 14.0 Å². The number of aromatic nitrogens is 4. The lowest BCUT2D eigenvalue weighted by molar-refractivity contribution is -0.116. The van der Waals surface area contributed by atoms with Crippen LogP contribution in [0.5, 0.6) is 0 Å². The molecule has 5 rings (SSSR count). The number of benzene rings is 2. The number of hydrogen-bond donors (Lipinski definition) is 1. The number of anilines is 1. The summed E-state index contributed by atoms with van der Waals surface area (Å²) in [6.45, 7) is 0. The van der Waals surface area contributed by atoms with Crippen LogP contribution in [0.3, 0.4) is 0 Å². The molecule has 2 aromatic heterocycles. The summed E-state index contributed by atoms with van der Waals surface area (Å²) in [6, 6.07) is 11.1. The topological polar surface area (TPSA) is 81.8 Å². The molecule has 162 valence electrons. The van der Waals surface area contributed by atoms with Gasteiger partial charge in [0.25, 0.3) is 5.56 Å². The van der Waals surface area contributed by atoms with Crippen molar-refractivity contribution in [2.24, 2.45) is 0 Å². The largest absolute Gasteiger partial charge is 0.324 e. The average molecular weight is 535 g/mol. The summed E-state index contributed by atoms with van der Waals surface area (Å²) in [5.74, 6) is -0.412. The van der Waals surface area contributed by atoms with E-state index in [1.54, 1.807) is 28.9 Å². The summed E-state index contributed by atoms with van der Waals surface area (Å²) in [4.78, 5) is 30.4. The van der Waals surface area contributed by atoms with E-state index in [0.29, 0.717) is 37.1 Å². The number of amides is 1. The standard InChI is InChI=1S/C21H14BrClFN5O2S/c22-11-4-5-17(16(24)6-11)26-18(30)8-14-10-32-21-27-19-15(20(31)28(14)21)9-25-29(19)13-3-1-2-12(23)7-13/h1-7,9,14H,8,10H2,(H,26,30). The van der Waals surface area contributed by atoms with Crippen LogP contribution in [0.1, 0.15) is 12.5 Å². The molecule has 1 atom stereocenters. The van der Waals surface area contributed by atoms with Crippen molar-refractivity contribution in [3.8, 4) is 5.69 Å². The Balaban J connectivity index is 1.44. The van der Waals surface area contributed by atoms with E-state index in [-0.39, 0.29) is 23.6 Å². The van der Waals surface area contributed by atoms with Crippen molar-refractivity contribution in [3.63, 3.8) is 0 Å². The van der Waals surface area contributed by atoms with E-state index < -0.39 is 11.9 Å². The van der Waals surface area contributed by atoms with Crippen LogP contribution in [0, 0.1) is 5.82 Å². The van der Waals surface area contributed by atoms with Crippen LogP contribution in [-0.4, -0.2) is 31.0 Å². The molecule has 4 aromatic rings. The van der Waals surface area contributed by atoms with Crippen LogP contribution in [-0.2, 0) is 4.79 Å². The van der Waals surface area contributed by atoms with Crippen LogP contribution in [0.4, 0.5) is 10.1 Å². The fourth-order valence-electron chi connectivity index (χ4n) is 3.58. The molecule has 1 unspecified atom stereocenters. The number of nitrogens with one attached hydrogen (secondary N) is 1. The van der Waals surface area contributed by atoms with Crippen LogP contribution >= 0.6 is 39.3 Å². The molecule has 0 saturated carbocycles. The van der Waals surface area contributed by atoms with Crippen molar-refractivity contribution in [3.05, 3.63) is 74.3 Å². The summed E-state index contributed by atoms with van der Waals surface area (Å²) >= 11 is 10.7. The van der Waals surface area contributed by atoms with Gasteiger partial charge in [0.2, 0.25) is 5.91 Å². The quantitative estimate of drug-likeness (QED) is 0.380. The Labute approximate surface area is 198 Å². The van der Waals surface area contributed by atoms with Gasteiger partial charge in [0, 0.05) is 21.7 Å². The first-order chi connectivity index (χ1) is 15.4. The highest BCUT2D eigenvalue weighted by atomic mass is 79.9. The maximum atomic E-state index is 14.0. The number of fused-ring (bicyclic) bond motifs is 2. The first-order valence-electron chi connectivity index (χ1n) is 9.54. The third-order valence-corrected chi connectivity index (χ3v) is 6.88. The number of halogens is 3. The molecule has 0 aliphatic carbocycles. The normalized spacial score (nSPS) is 15.2. The molecule has 11 heteroatoms. The van der Waals surface area contributed by atoms with Gasteiger partial charge in [-0.15, -0.1) is 0 Å². The van der Waals surface area contributed by atoms with Crippen LogP contribution < -0.4 is 10.9 Å². The molecule has 0 spiro atoms. The summed E-state index contributed by atoms with van der Waals surface area (Å²) in [7, 11) is 0. The van der Waals surface area contributed by atoms with Gasteiger partial charge in [0.1, 0.15) is 11.2 Å². The van der Waals surface area contributed by atoms with Gasteiger partial charge in [-0.05, 0) is 36.4 Å². The number of carbonyl (C=O) groups excluding carboxylic acids is 1. The molecular weight excluding hydrogens is 521 g/mol. The highest BCUT2D eigenvalue weighted by molar-refractivity contribution is 9.10. The maximum Gasteiger partial charge on any atom is 0.265 e. The van der Waals surface area contributed by atoms with Crippen molar-refractivity contribution in [1.29, 1.82) is 0 Å². The second kappa shape index (κ2) is 8.34. The first kappa shape index (κ1) is 21.2. The van der Waals surface area contributed by atoms with E-state index in [0.717, 1.165) is 0 Å². The van der Waals surface area contributed by atoms with Crippen molar-refractivity contribution >= 4 is 61.9 Å². The zero-order valence-corrected chi connectivity index (χ0v) is 19.4. The Morgan fingerprint density at radius 2 is 2.16 bits per heavy atom. The SMILES string of the molecule is O=C(CC1CSc2nc3c(cnn3-c3cccc(Cl)c3)c(=O)n21)Nc1ccc(Br)cc1F. The predicted octanol–water partition coefficient (Wildman–Crippen LogP) is 4.81. The molecule has 1 N–H and O–H groups in total. The van der Waals surface area contributed by atoms with Gasteiger partial charge >= 0.3 is 0 Å². The minimum absolute atomic E-state index is 0.0189. The van der Waals surface area contributed by atoms with Crippen LogP contribution in [0.15, 0.2) is 63.1 Å². The van der Waals surface area contributed by atoms with Crippen molar-refractivity contribution < 1.29 is 9.18 Å². The van der Waals surface area contributed by atoms with E-state index in [1.807, 2.05) is 6.07 Å². The van der Waals surface area contributed by atoms with Gasteiger partial charge in [0.15, 0.2) is 10.8 Å². The van der Waals surface area contributed by atoms with Crippen molar-refractivity contribution in [2.75, 3.05) is 11.1 Å². The van der Waals surface area contributed by atoms with Crippen molar-refractivity contribution in [1.82, 2.24) is 19.3 Å². The minimum Gasteiger partial charge on any atom is -0.324 e. The molecule has 1 amide bonds. The monoisotopic (exact) mass is 533 g/mol. The highest BCUT2D eigenvalue weighted by Crippen LogP contribution is 2.34. The van der Waals surface area contributed by atoms with E-state index in [1.165, 1.54) is 34.7 Å². The second-order valence-corrected chi connectivity index (χ2v) is 9.52. The van der Waals surface area contributed by atoms with Gasteiger partial charge in [-0.3, -0.25) is 14.2 Å². The molecule has 7 nitrogen and oxygen atoms in total. The summed E-state index contributed by atoms with van der Waals surface area (Å²) < 4.78 is 17.7. The molecule has 1 aliphatic heterocycles. The molecule has 0 saturated heterocycles. The Kier molecular flexibility index (Phi) is 5.52. The minimum atomic E-state index is -0.539. The van der Waals surface area contributed by atoms with Crippen LogP contribution in [0.25, 0.3) is 16.7 Å². The highest BCUT2D eigenvalue weighted by Gasteiger charge is 2.29. The third kappa shape index (κ3) is 3.82. The Bertz CT molecular complexity index is 1440. The van der Waals surface area contributed by atoms with Crippen molar-refractivity contribution in [2.45, 2.75) is 17.6 Å².